The van der Waals surface area contributed by atoms with Crippen LogP contribution in [0.4, 0.5) is 0 Å². The number of thioether (sulfide) groups is 1. The van der Waals surface area contributed by atoms with E-state index in [0.717, 1.165) is 18.5 Å². The molecule has 1 nitrogen and oxygen atoms in total. The molecule has 2 rings (SSSR count). The van der Waals surface area contributed by atoms with Gasteiger partial charge in [0.2, 0.25) is 0 Å². The standard InChI is InChI=1S/C17H27NS/c1-13(11-18-15-7-8-15)12-19-16-9-5-14(6-10-16)17(2,3)4/h5-6,9-10,13,15,18H,7-8,11-12H2,1-4H3. The third-order valence-corrected chi connectivity index (χ3v) is 4.93. The Kier molecular flexibility index (Phi) is 4.97. The summed E-state index contributed by atoms with van der Waals surface area (Å²) in [6.07, 6.45) is 2.77. The molecule has 0 heterocycles. The fraction of sp³-hybridized carbons (Fsp3) is 0.647. The van der Waals surface area contributed by atoms with Crippen molar-refractivity contribution >= 4 is 11.8 Å². The second-order valence-electron chi connectivity index (χ2n) is 6.87. The summed E-state index contributed by atoms with van der Waals surface area (Å²) >= 11 is 1.98. The van der Waals surface area contributed by atoms with E-state index in [0.29, 0.717) is 0 Å². The van der Waals surface area contributed by atoms with Gasteiger partial charge in [-0.3, -0.25) is 0 Å². The van der Waals surface area contributed by atoms with E-state index in [1.54, 1.807) is 0 Å². The van der Waals surface area contributed by atoms with Crippen LogP contribution < -0.4 is 5.32 Å². The van der Waals surface area contributed by atoms with E-state index < -0.39 is 0 Å². The van der Waals surface area contributed by atoms with E-state index in [1.807, 2.05) is 11.8 Å². The molecule has 1 atom stereocenters. The van der Waals surface area contributed by atoms with Crippen molar-refractivity contribution < 1.29 is 0 Å². The number of benzene rings is 1. The molecule has 1 N–H and O–H groups in total. The molecule has 0 radical (unpaired) electrons. The number of hydrogen-bond donors (Lipinski definition) is 1. The highest BCUT2D eigenvalue weighted by Gasteiger charge is 2.20. The summed E-state index contributed by atoms with van der Waals surface area (Å²) in [4.78, 5) is 1.39. The molecule has 1 fully saturated rings. The van der Waals surface area contributed by atoms with Crippen LogP contribution in [0.15, 0.2) is 29.2 Å². The lowest BCUT2D eigenvalue weighted by Crippen LogP contribution is -2.24. The van der Waals surface area contributed by atoms with Gasteiger partial charge in [0.15, 0.2) is 0 Å². The first-order valence-electron chi connectivity index (χ1n) is 7.42. The summed E-state index contributed by atoms with van der Waals surface area (Å²) in [5, 5.41) is 3.61. The normalized spacial score (nSPS) is 17.5. The first-order chi connectivity index (χ1) is 8.95. The van der Waals surface area contributed by atoms with Crippen molar-refractivity contribution in [2.45, 2.75) is 56.9 Å². The lowest BCUT2D eigenvalue weighted by Gasteiger charge is -2.19. The Morgan fingerprint density at radius 1 is 1.21 bits per heavy atom. The van der Waals surface area contributed by atoms with Gasteiger partial charge in [0.05, 0.1) is 0 Å². The second-order valence-corrected chi connectivity index (χ2v) is 7.97. The Bertz CT molecular complexity index is 387. The van der Waals surface area contributed by atoms with E-state index in [9.17, 15) is 0 Å². The van der Waals surface area contributed by atoms with E-state index in [2.05, 4.69) is 57.3 Å². The lowest BCUT2D eigenvalue weighted by molar-refractivity contribution is 0.556. The predicted molar refractivity (Wildman–Crippen MR) is 86.1 cm³/mol. The highest BCUT2D eigenvalue weighted by atomic mass is 32.2. The third-order valence-electron chi connectivity index (χ3n) is 3.59. The Hall–Kier alpha value is -0.470. The van der Waals surface area contributed by atoms with Gasteiger partial charge in [-0.15, -0.1) is 11.8 Å². The van der Waals surface area contributed by atoms with Crippen molar-refractivity contribution in [3.8, 4) is 0 Å². The molecule has 1 unspecified atom stereocenters. The third kappa shape index (κ3) is 5.19. The summed E-state index contributed by atoms with van der Waals surface area (Å²) in [6, 6.07) is 9.92. The molecule has 0 amide bonds. The lowest BCUT2D eigenvalue weighted by atomic mass is 9.87. The van der Waals surface area contributed by atoms with E-state index in [4.69, 9.17) is 0 Å². The van der Waals surface area contributed by atoms with E-state index in [-0.39, 0.29) is 5.41 Å². The minimum absolute atomic E-state index is 0.255. The maximum atomic E-state index is 3.61. The number of hydrogen-bond acceptors (Lipinski definition) is 2. The predicted octanol–water partition coefficient (Wildman–Crippen LogP) is 4.46. The highest BCUT2D eigenvalue weighted by Crippen LogP contribution is 2.26. The van der Waals surface area contributed by atoms with Gasteiger partial charge in [-0.2, -0.15) is 0 Å². The molecule has 106 valence electrons. The molecule has 0 spiro atoms. The number of rotatable bonds is 6. The minimum Gasteiger partial charge on any atom is -0.314 e. The molecule has 1 saturated carbocycles. The van der Waals surface area contributed by atoms with Crippen LogP contribution in [-0.2, 0) is 5.41 Å². The Morgan fingerprint density at radius 3 is 2.37 bits per heavy atom. The van der Waals surface area contributed by atoms with Gasteiger partial charge in [0.1, 0.15) is 0 Å². The van der Waals surface area contributed by atoms with Gasteiger partial charge in [-0.1, -0.05) is 39.8 Å². The molecule has 2 heteroatoms. The highest BCUT2D eigenvalue weighted by molar-refractivity contribution is 7.99. The summed E-state index contributed by atoms with van der Waals surface area (Å²) in [6.45, 7) is 10.3. The Balaban J connectivity index is 1.75. The van der Waals surface area contributed by atoms with Crippen LogP contribution in [0.3, 0.4) is 0 Å². The fourth-order valence-electron chi connectivity index (χ4n) is 2.00. The largest absolute Gasteiger partial charge is 0.314 e. The summed E-state index contributed by atoms with van der Waals surface area (Å²) < 4.78 is 0. The van der Waals surface area contributed by atoms with Crippen LogP contribution >= 0.6 is 11.8 Å². The molecule has 1 aromatic rings. The molecule has 0 aromatic heterocycles. The zero-order valence-corrected chi connectivity index (χ0v) is 13.5. The molecule has 1 aliphatic rings. The summed E-state index contributed by atoms with van der Waals surface area (Å²) in [5.41, 5.74) is 1.67. The first-order valence-corrected chi connectivity index (χ1v) is 8.40. The summed E-state index contributed by atoms with van der Waals surface area (Å²) in [5.74, 6) is 1.95. The van der Waals surface area contributed by atoms with Crippen molar-refractivity contribution in [3.63, 3.8) is 0 Å². The zero-order valence-electron chi connectivity index (χ0n) is 12.7. The Morgan fingerprint density at radius 2 is 1.84 bits per heavy atom. The maximum absolute atomic E-state index is 3.61. The van der Waals surface area contributed by atoms with Crippen molar-refractivity contribution in [3.05, 3.63) is 29.8 Å². The van der Waals surface area contributed by atoms with Gasteiger partial charge >= 0.3 is 0 Å². The molecule has 1 aromatic carbocycles. The average molecular weight is 277 g/mol. The first kappa shape index (κ1) is 14.9. The van der Waals surface area contributed by atoms with Gasteiger partial charge in [-0.25, -0.2) is 0 Å². The molecule has 19 heavy (non-hydrogen) atoms. The van der Waals surface area contributed by atoms with Crippen molar-refractivity contribution in [1.29, 1.82) is 0 Å². The van der Waals surface area contributed by atoms with Gasteiger partial charge in [0.25, 0.3) is 0 Å². The molecule has 0 aliphatic heterocycles. The molecular weight excluding hydrogens is 250 g/mol. The van der Waals surface area contributed by atoms with Gasteiger partial charge in [0, 0.05) is 16.7 Å². The smallest absolute Gasteiger partial charge is 0.00722 e. The van der Waals surface area contributed by atoms with Crippen molar-refractivity contribution in [2.24, 2.45) is 5.92 Å². The quantitative estimate of drug-likeness (QED) is 0.770. The molecule has 0 bridgehead atoms. The van der Waals surface area contributed by atoms with Crippen LogP contribution in [0.2, 0.25) is 0 Å². The minimum atomic E-state index is 0.255. The topological polar surface area (TPSA) is 12.0 Å². The van der Waals surface area contributed by atoms with Crippen LogP contribution in [0.1, 0.15) is 46.1 Å². The summed E-state index contributed by atoms with van der Waals surface area (Å²) in [7, 11) is 0. The van der Waals surface area contributed by atoms with E-state index >= 15 is 0 Å². The van der Waals surface area contributed by atoms with Gasteiger partial charge < -0.3 is 5.32 Å². The van der Waals surface area contributed by atoms with Crippen LogP contribution in [0.5, 0.6) is 0 Å². The molecular formula is C17H27NS. The molecule has 0 saturated heterocycles. The molecule has 1 aliphatic carbocycles. The fourth-order valence-corrected chi connectivity index (χ4v) is 2.93. The van der Waals surface area contributed by atoms with Crippen LogP contribution in [0.25, 0.3) is 0 Å². The second kappa shape index (κ2) is 6.32. The number of nitrogens with one attached hydrogen (secondary N) is 1. The van der Waals surface area contributed by atoms with Crippen LogP contribution in [0, 0.1) is 5.92 Å². The Labute approximate surface area is 122 Å². The van der Waals surface area contributed by atoms with Crippen molar-refractivity contribution in [2.75, 3.05) is 12.3 Å². The zero-order chi connectivity index (χ0) is 13.9. The van der Waals surface area contributed by atoms with Gasteiger partial charge in [-0.05, 0) is 48.4 Å². The average Bonchev–Trinajstić information content (AvgIpc) is 3.17. The van der Waals surface area contributed by atoms with Crippen molar-refractivity contribution in [1.82, 2.24) is 5.32 Å². The maximum Gasteiger partial charge on any atom is 0.00722 e. The SMILES string of the molecule is CC(CNC1CC1)CSc1ccc(C(C)(C)C)cc1. The van der Waals surface area contributed by atoms with E-state index in [1.165, 1.54) is 29.1 Å². The monoisotopic (exact) mass is 277 g/mol. The van der Waals surface area contributed by atoms with Crippen LogP contribution in [-0.4, -0.2) is 18.3 Å².